The van der Waals surface area contributed by atoms with Gasteiger partial charge in [0.1, 0.15) is 5.75 Å². The quantitative estimate of drug-likeness (QED) is 0.238. The van der Waals surface area contributed by atoms with Crippen molar-refractivity contribution in [1.82, 2.24) is 15.5 Å². The third-order valence-electron chi connectivity index (χ3n) is 7.71. The molecule has 2 aliphatic carbocycles. The van der Waals surface area contributed by atoms with Gasteiger partial charge in [-0.2, -0.15) is 4.98 Å². The Labute approximate surface area is 240 Å². The van der Waals surface area contributed by atoms with Gasteiger partial charge in [-0.25, -0.2) is 0 Å². The number of aliphatic carboxylic acids is 1. The summed E-state index contributed by atoms with van der Waals surface area (Å²) in [5, 5.41) is 16.9. The van der Waals surface area contributed by atoms with E-state index in [1.807, 2.05) is 6.07 Å². The van der Waals surface area contributed by atoms with E-state index in [2.05, 4.69) is 32.3 Å². The van der Waals surface area contributed by atoms with Crippen molar-refractivity contribution in [3.63, 3.8) is 0 Å². The van der Waals surface area contributed by atoms with Gasteiger partial charge in [-0.05, 0) is 79.1 Å². The molecule has 1 heterocycles. The van der Waals surface area contributed by atoms with Crippen LogP contribution in [-0.4, -0.2) is 33.6 Å². The highest BCUT2D eigenvalue weighted by Crippen LogP contribution is 2.39. The Morgan fingerprint density at radius 3 is 2.54 bits per heavy atom. The molecule has 11 heteroatoms. The van der Waals surface area contributed by atoms with E-state index in [-0.39, 0.29) is 36.2 Å². The van der Waals surface area contributed by atoms with Crippen molar-refractivity contribution in [3.05, 3.63) is 77.4 Å². The molecule has 7 nitrogen and oxygen atoms in total. The number of nitrogens with one attached hydrogen (secondary N) is 1. The van der Waals surface area contributed by atoms with Crippen molar-refractivity contribution in [1.29, 1.82) is 0 Å². The number of carboxylic acids is 1. The number of hydrogen-bond donors (Lipinski definition) is 2. The standard InChI is InChI=1S/C30H26F3N3O4.ClH/c1-16-12-19(7-9-22(16)24-4-2-3-5-26(24)39-30(31,32)33)28-35-27(36-40-28)18-6-10-23-17(13-18)8-11-25(23)34-21-14-20(15-21)29(37)38;/h2-7,9-10,12-13,20-21,25,34H,8,11,14-15H2,1H3,(H,37,38);1H. The fourth-order valence-corrected chi connectivity index (χ4v) is 5.63. The van der Waals surface area contributed by atoms with E-state index in [0.717, 1.165) is 24.0 Å². The van der Waals surface area contributed by atoms with Gasteiger partial charge in [0.15, 0.2) is 0 Å². The Balaban J connectivity index is 0.00000337. The first-order chi connectivity index (χ1) is 19.1. The number of aryl methyl sites for hydroxylation is 2. The van der Waals surface area contributed by atoms with Gasteiger partial charge in [0.2, 0.25) is 5.82 Å². The van der Waals surface area contributed by atoms with E-state index in [1.165, 1.54) is 23.3 Å². The number of rotatable bonds is 7. The summed E-state index contributed by atoms with van der Waals surface area (Å²) in [6, 6.07) is 17.8. The average molecular weight is 586 g/mol. The predicted molar refractivity (Wildman–Crippen MR) is 148 cm³/mol. The molecule has 0 amide bonds. The summed E-state index contributed by atoms with van der Waals surface area (Å²) >= 11 is 0. The minimum Gasteiger partial charge on any atom is -0.481 e. The van der Waals surface area contributed by atoms with Crippen LogP contribution in [0.5, 0.6) is 5.75 Å². The zero-order chi connectivity index (χ0) is 28.0. The number of fused-ring (bicyclic) bond motifs is 1. The molecule has 1 atom stereocenters. The number of alkyl halides is 3. The van der Waals surface area contributed by atoms with Crippen molar-refractivity contribution >= 4 is 18.4 Å². The van der Waals surface area contributed by atoms with Gasteiger partial charge < -0.3 is 19.7 Å². The SMILES string of the molecule is Cc1cc(-c2nc(-c3ccc4c(c3)CCC4NC3CC(C(=O)O)C3)no2)ccc1-c1ccccc1OC(F)(F)F.Cl. The lowest BCUT2D eigenvalue weighted by atomic mass is 9.80. The van der Waals surface area contributed by atoms with Crippen LogP contribution in [0.25, 0.3) is 34.0 Å². The zero-order valence-corrected chi connectivity index (χ0v) is 22.8. The van der Waals surface area contributed by atoms with Crippen LogP contribution >= 0.6 is 12.4 Å². The molecule has 2 aliphatic rings. The Morgan fingerprint density at radius 2 is 1.80 bits per heavy atom. The van der Waals surface area contributed by atoms with Gasteiger partial charge >= 0.3 is 12.3 Å². The topological polar surface area (TPSA) is 97.5 Å². The lowest BCUT2D eigenvalue weighted by molar-refractivity contribution is -0.274. The number of halogens is 4. The van der Waals surface area contributed by atoms with Crippen LogP contribution in [0.1, 0.15) is 42.0 Å². The van der Waals surface area contributed by atoms with E-state index in [4.69, 9.17) is 9.63 Å². The monoisotopic (exact) mass is 585 g/mol. The molecule has 214 valence electrons. The van der Waals surface area contributed by atoms with E-state index in [1.54, 1.807) is 37.3 Å². The lowest BCUT2D eigenvalue weighted by Crippen LogP contribution is -2.45. The third kappa shape index (κ3) is 5.94. The molecule has 0 saturated heterocycles. The van der Waals surface area contributed by atoms with Crippen molar-refractivity contribution in [2.45, 2.75) is 51.1 Å². The molecule has 0 bridgehead atoms. The number of para-hydroxylation sites is 1. The first kappa shape index (κ1) is 28.6. The van der Waals surface area contributed by atoms with Crippen LogP contribution in [0.3, 0.4) is 0 Å². The summed E-state index contributed by atoms with van der Waals surface area (Å²) in [5.74, 6) is -0.476. The van der Waals surface area contributed by atoms with E-state index in [9.17, 15) is 18.0 Å². The number of hydrogen-bond acceptors (Lipinski definition) is 6. The van der Waals surface area contributed by atoms with Crippen LogP contribution in [-0.2, 0) is 11.2 Å². The zero-order valence-electron chi connectivity index (χ0n) is 21.9. The Kier molecular flexibility index (Phi) is 7.80. The summed E-state index contributed by atoms with van der Waals surface area (Å²) in [5.41, 5.74) is 5.57. The normalized spacial score (nSPS) is 19.7. The molecule has 2 N–H and O–H groups in total. The molecule has 0 spiro atoms. The van der Waals surface area contributed by atoms with Gasteiger partial charge in [-0.15, -0.1) is 25.6 Å². The highest BCUT2D eigenvalue weighted by atomic mass is 35.5. The van der Waals surface area contributed by atoms with Crippen molar-refractivity contribution in [2.24, 2.45) is 5.92 Å². The summed E-state index contributed by atoms with van der Waals surface area (Å²) < 4.78 is 48.4. The molecule has 0 aliphatic heterocycles. The Morgan fingerprint density at radius 1 is 1.05 bits per heavy atom. The van der Waals surface area contributed by atoms with Crippen LogP contribution in [0.4, 0.5) is 13.2 Å². The molecular weight excluding hydrogens is 559 g/mol. The maximum absolute atomic E-state index is 12.9. The van der Waals surface area contributed by atoms with Crippen LogP contribution < -0.4 is 10.1 Å². The summed E-state index contributed by atoms with van der Waals surface area (Å²) in [7, 11) is 0. The van der Waals surface area contributed by atoms with Gasteiger partial charge in [0, 0.05) is 28.8 Å². The minimum atomic E-state index is -4.79. The van der Waals surface area contributed by atoms with Crippen LogP contribution in [0, 0.1) is 12.8 Å². The number of ether oxygens (including phenoxy) is 1. The van der Waals surface area contributed by atoms with Crippen molar-refractivity contribution in [2.75, 3.05) is 0 Å². The van der Waals surface area contributed by atoms with Crippen LogP contribution in [0.2, 0.25) is 0 Å². The second kappa shape index (κ2) is 11.2. The number of aromatic nitrogens is 2. The van der Waals surface area contributed by atoms with Crippen LogP contribution in [0.15, 0.2) is 65.2 Å². The molecular formula is C30H27ClF3N3O4. The number of benzene rings is 3. The second-order valence-electron chi connectivity index (χ2n) is 10.4. The summed E-state index contributed by atoms with van der Waals surface area (Å²) in [6.07, 6.45) is -1.60. The summed E-state index contributed by atoms with van der Waals surface area (Å²) in [6.45, 7) is 1.80. The van der Waals surface area contributed by atoms with Crippen molar-refractivity contribution < 1.29 is 32.3 Å². The first-order valence-corrected chi connectivity index (χ1v) is 13.1. The van der Waals surface area contributed by atoms with Crippen molar-refractivity contribution in [3.8, 4) is 39.7 Å². The molecule has 0 radical (unpaired) electrons. The maximum atomic E-state index is 12.9. The molecule has 1 aromatic heterocycles. The molecule has 1 unspecified atom stereocenters. The molecule has 1 saturated carbocycles. The smallest absolute Gasteiger partial charge is 0.481 e. The average Bonchev–Trinajstić information content (AvgIpc) is 3.52. The number of nitrogens with zero attached hydrogens (tertiary/aromatic N) is 2. The molecule has 3 aromatic carbocycles. The molecule has 1 fully saturated rings. The highest BCUT2D eigenvalue weighted by Gasteiger charge is 2.37. The molecule has 6 rings (SSSR count). The van der Waals surface area contributed by atoms with Gasteiger partial charge in [-0.1, -0.05) is 41.6 Å². The fourth-order valence-electron chi connectivity index (χ4n) is 5.63. The third-order valence-corrected chi connectivity index (χ3v) is 7.71. The summed E-state index contributed by atoms with van der Waals surface area (Å²) in [4.78, 5) is 15.7. The maximum Gasteiger partial charge on any atom is 0.573 e. The number of carboxylic acid groups (broad SMARTS) is 1. The molecule has 41 heavy (non-hydrogen) atoms. The highest BCUT2D eigenvalue weighted by molar-refractivity contribution is 5.85. The second-order valence-corrected chi connectivity index (χ2v) is 10.4. The van der Waals surface area contributed by atoms with Gasteiger partial charge in [-0.3, -0.25) is 4.79 Å². The lowest BCUT2D eigenvalue weighted by Gasteiger charge is -2.35. The van der Waals surface area contributed by atoms with E-state index in [0.29, 0.717) is 41.2 Å². The Hall–Kier alpha value is -3.89. The van der Waals surface area contributed by atoms with E-state index >= 15 is 0 Å². The first-order valence-electron chi connectivity index (χ1n) is 13.1. The largest absolute Gasteiger partial charge is 0.573 e. The van der Waals surface area contributed by atoms with Gasteiger partial charge in [0.05, 0.1) is 5.92 Å². The Bertz CT molecular complexity index is 1580. The fraction of sp³-hybridized carbons (Fsp3) is 0.300. The predicted octanol–water partition coefficient (Wildman–Crippen LogP) is 7.14. The number of carbonyl (C=O) groups is 1. The van der Waals surface area contributed by atoms with E-state index < -0.39 is 12.3 Å². The minimum absolute atomic E-state index is 0. The van der Waals surface area contributed by atoms with Gasteiger partial charge in [0.25, 0.3) is 5.89 Å². The molecule has 4 aromatic rings.